The van der Waals surface area contributed by atoms with Crippen LogP contribution in [-0.4, -0.2) is 15.7 Å². The van der Waals surface area contributed by atoms with Crippen molar-refractivity contribution >= 4 is 22.4 Å². The van der Waals surface area contributed by atoms with E-state index in [-0.39, 0.29) is 0 Å². The van der Waals surface area contributed by atoms with E-state index in [9.17, 15) is 0 Å². The standard InChI is InChI=1S/C18H18N4/c1-12-8-10-15(11-9-12)13(2)21-22-18-16-6-4-5-7-17(16)19-14(3)20-18/h4-11H,1-3H3,(H,19,20,22)/b21-13+. The summed E-state index contributed by atoms with van der Waals surface area (Å²) in [6.45, 7) is 5.94. The van der Waals surface area contributed by atoms with Crippen LogP contribution in [0.2, 0.25) is 0 Å². The minimum atomic E-state index is 0.726. The Labute approximate surface area is 129 Å². The molecule has 3 aromatic rings. The van der Waals surface area contributed by atoms with E-state index in [0.717, 1.165) is 33.8 Å². The van der Waals surface area contributed by atoms with Crippen LogP contribution in [0.25, 0.3) is 10.9 Å². The number of fused-ring (bicyclic) bond motifs is 1. The average Bonchev–Trinajstić information content (AvgIpc) is 2.52. The van der Waals surface area contributed by atoms with Crippen LogP contribution in [0, 0.1) is 13.8 Å². The molecule has 2 aromatic carbocycles. The fourth-order valence-electron chi connectivity index (χ4n) is 2.27. The fraction of sp³-hybridized carbons (Fsp3) is 0.167. The highest BCUT2D eigenvalue weighted by atomic mass is 15.3. The highest BCUT2D eigenvalue weighted by Crippen LogP contribution is 2.20. The van der Waals surface area contributed by atoms with Crippen molar-refractivity contribution in [3.05, 3.63) is 65.5 Å². The Hall–Kier alpha value is -2.75. The van der Waals surface area contributed by atoms with Gasteiger partial charge in [0, 0.05) is 5.39 Å². The summed E-state index contributed by atoms with van der Waals surface area (Å²) < 4.78 is 0. The number of benzene rings is 2. The number of para-hydroxylation sites is 1. The second kappa shape index (κ2) is 5.93. The van der Waals surface area contributed by atoms with E-state index in [1.165, 1.54) is 5.56 Å². The van der Waals surface area contributed by atoms with E-state index in [0.29, 0.717) is 0 Å². The molecule has 0 fully saturated rings. The number of hydrogen-bond donors (Lipinski definition) is 1. The molecule has 3 rings (SSSR count). The zero-order valence-electron chi connectivity index (χ0n) is 13.0. The number of aryl methyl sites for hydroxylation is 2. The quantitative estimate of drug-likeness (QED) is 0.584. The topological polar surface area (TPSA) is 50.2 Å². The summed E-state index contributed by atoms with van der Waals surface area (Å²) in [5.41, 5.74) is 7.24. The van der Waals surface area contributed by atoms with Gasteiger partial charge in [0.1, 0.15) is 5.82 Å². The molecule has 0 atom stereocenters. The predicted octanol–water partition coefficient (Wildman–Crippen LogP) is 4.08. The molecule has 1 heterocycles. The number of nitrogens with one attached hydrogen (secondary N) is 1. The van der Waals surface area contributed by atoms with Gasteiger partial charge in [0.2, 0.25) is 0 Å². The maximum absolute atomic E-state index is 4.46. The molecular formula is C18H18N4. The summed E-state index contributed by atoms with van der Waals surface area (Å²) >= 11 is 0. The van der Waals surface area contributed by atoms with Crippen LogP contribution in [0.5, 0.6) is 0 Å². The predicted molar refractivity (Wildman–Crippen MR) is 91.3 cm³/mol. The van der Waals surface area contributed by atoms with Gasteiger partial charge < -0.3 is 0 Å². The summed E-state index contributed by atoms with van der Waals surface area (Å²) in [7, 11) is 0. The van der Waals surface area contributed by atoms with Crippen molar-refractivity contribution in [3.63, 3.8) is 0 Å². The molecule has 0 aliphatic rings. The smallest absolute Gasteiger partial charge is 0.157 e. The number of rotatable bonds is 3. The third-order valence-corrected chi connectivity index (χ3v) is 3.51. The average molecular weight is 290 g/mol. The Morgan fingerprint density at radius 2 is 1.68 bits per heavy atom. The van der Waals surface area contributed by atoms with Crippen LogP contribution >= 0.6 is 0 Å². The lowest BCUT2D eigenvalue weighted by Crippen LogP contribution is -2.03. The van der Waals surface area contributed by atoms with Gasteiger partial charge in [-0.15, -0.1) is 0 Å². The SMILES string of the molecule is C/C(=N\Nc1nc(C)nc2ccccc12)c1ccc(C)cc1. The van der Waals surface area contributed by atoms with Crippen molar-refractivity contribution < 1.29 is 0 Å². The van der Waals surface area contributed by atoms with Crippen molar-refractivity contribution in [1.29, 1.82) is 0 Å². The molecular weight excluding hydrogens is 272 g/mol. The van der Waals surface area contributed by atoms with Crippen molar-refractivity contribution in [1.82, 2.24) is 9.97 Å². The van der Waals surface area contributed by atoms with Crippen molar-refractivity contribution in [3.8, 4) is 0 Å². The minimum Gasteiger partial charge on any atom is -0.260 e. The molecule has 22 heavy (non-hydrogen) atoms. The molecule has 0 aliphatic carbocycles. The van der Waals surface area contributed by atoms with Gasteiger partial charge in [0.15, 0.2) is 5.82 Å². The first kappa shape index (κ1) is 14.2. The van der Waals surface area contributed by atoms with Gasteiger partial charge in [-0.3, -0.25) is 5.43 Å². The molecule has 0 bridgehead atoms. The second-order valence-electron chi connectivity index (χ2n) is 5.31. The van der Waals surface area contributed by atoms with Gasteiger partial charge in [0.25, 0.3) is 0 Å². The molecule has 0 saturated carbocycles. The summed E-state index contributed by atoms with van der Waals surface area (Å²) in [4.78, 5) is 8.88. The fourth-order valence-corrected chi connectivity index (χ4v) is 2.27. The van der Waals surface area contributed by atoms with E-state index >= 15 is 0 Å². The molecule has 4 heteroatoms. The molecule has 0 unspecified atom stereocenters. The van der Waals surface area contributed by atoms with Crippen molar-refractivity contribution in [2.45, 2.75) is 20.8 Å². The lowest BCUT2D eigenvalue weighted by molar-refractivity contribution is 1.08. The minimum absolute atomic E-state index is 0.726. The maximum atomic E-state index is 4.46. The van der Waals surface area contributed by atoms with Crippen LogP contribution in [-0.2, 0) is 0 Å². The number of hydrogen-bond acceptors (Lipinski definition) is 4. The molecule has 1 N–H and O–H groups in total. The lowest BCUT2D eigenvalue weighted by Gasteiger charge is -2.07. The number of hydrazone groups is 1. The van der Waals surface area contributed by atoms with Crippen LogP contribution in [0.1, 0.15) is 23.9 Å². The first-order chi connectivity index (χ1) is 10.6. The van der Waals surface area contributed by atoms with Gasteiger partial charge in [-0.1, -0.05) is 42.0 Å². The third kappa shape index (κ3) is 2.96. The molecule has 4 nitrogen and oxygen atoms in total. The van der Waals surface area contributed by atoms with Crippen LogP contribution in [0.4, 0.5) is 5.82 Å². The third-order valence-electron chi connectivity index (χ3n) is 3.51. The first-order valence-electron chi connectivity index (χ1n) is 7.24. The normalized spacial score (nSPS) is 11.7. The van der Waals surface area contributed by atoms with Crippen LogP contribution in [0.3, 0.4) is 0 Å². The molecule has 110 valence electrons. The van der Waals surface area contributed by atoms with E-state index < -0.39 is 0 Å². The summed E-state index contributed by atoms with van der Waals surface area (Å²) in [6.07, 6.45) is 0. The van der Waals surface area contributed by atoms with Gasteiger partial charge in [-0.05, 0) is 38.5 Å². The van der Waals surface area contributed by atoms with E-state index in [1.54, 1.807) is 0 Å². The van der Waals surface area contributed by atoms with Gasteiger partial charge in [-0.2, -0.15) is 5.10 Å². The monoisotopic (exact) mass is 290 g/mol. The molecule has 1 aromatic heterocycles. The molecule has 0 spiro atoms. The Balaban J connectivity index is 1.93. The van der Waals surface area contributed by atoms with Gasteiger partial charge in [-0.25, -0.2) is 9.97 Å². The molecule has 0 amide bonds. The zero-order chi connectivity index (χ0) is 15.5. The van der Waals surface area contributed by atoms with Gasteiger partial charge in [0.05, 0.1) is 11.2 Å². The van der Waals surface area contributed by atoms with Crippen molar-refractivity contribution in [2.75, 3.05) is 5.43 Å². The van der Waals surface area contributed by atoms with E-state index in [2.05, 4.69) is 51.7 Å². The van der Waals surface area contributed by atoms with Gasteiger partial charge >= 0.3 is 0 Å². The highest BCUT2D eigenvalue weighted by Gasteiger charge is 2.04. The maximum Gasteiger partial charge on any atom is 0.157 e. The Morgan fingerprint density at radius 3 is 2.45 bits per heavy atom. The number of nitrogens with zero attached hydrogens (tertiary/aromatic N) is 3. The zero-order valence-corrected chi connectivity index (χ0v) is 13.0. The largest absolute Gasteiger partial charge is 0.260 e. The Kier molecular flexibility index (Phi) is 3.83. The number of aromatic nitrogens is 2. The Bertz CT molecular complexity index is 835. The van der Waals surface area contributed by atoms with Crippen LogP contribution in [0.15, 0.2) is 53.6 Å². The molecule has 0 radical (unpaired) electrons. The van der Waals surface area contributed by atoms with Crippen molar-refractivity contribution in [2.24, 2.45) is 5.10 Å². The lowest BCUT2D eigenvalue weighted by atomic mass is 10.1. The first-order valence-corrected chi connectivity index (χ1v) is 7.24. The second-order valence-corrected chi connectivity index (χ2v) is 5.31. The highest BCUT2D eigenvalue weighted by molar-refractivity contribution is 5.99. The molecule has 0 saturated heterocycles. The summed E-state index contributed by atoms with van der Waals surface area (Å²) in [6, 6.07) is 16.2. The van der Waals surface area contributed by atoms with E-state index in [1.807, 2.05) is 38.1 Å². The Morgan fingerprint density at radius 1 is 0.955 bits per heavy atom. The molecule has 0 aliphatic heterocycles. The number of anilines is 1. The van der Waals surface area contributed by atoms with Crippen LogP contribution < -0.4 is 5.43 Å². The van der Waals surface area contributed by atoms with E-state index in [4.69, 9.17) is 0 Å². The summed E-state index contributed by atoms with van der Waals surface area (Å²) in [5, 5.41) is 5.43. The summed E-state index contributed by atoms with van der Waals surface area (Å²) in [5.74, 6) is 1.46.